The lowest BCUT2D eigenvalue weighted by molar-refractivity contribution is 0.0597. The highest BCUT2D eigenvalue weighted by Crippen LogP contribution is 2.24. The molecule has 0 unspecified atom stereocenters. The van der Waals surface area contributed by atoms with Gasteiger partial charge in [0.15, 0.2) is 0 Å². The minimum Gasteiger partial charge on any atom is -0.497 e. The molecule has 0 N–H and O–H groups in total. The van der Waals surface area contributed by atoms with Crippen LogP contribution in [-0.2, 0) is 30.4 Å². The predicted molar refractivity (Wildman–Crippen MR) is 121 cm³/mol. The Morgan fingerprint density at radius 2 is 1.38 bits per heavy atom. The monoisotopic (exact) mass is 436 g/mol. The number of ether oxygens (including phenoxy) is 4. The van der Waals surface area contributed by atoms with Gasteiger partial charge in [0.2, 0.25) is 0 Å². The number of carbonyl (C=O) groups is 1. The summed E-state index contributed by atoms with van der Waals surface area (Å²) >= 11 is 0. The van der Waals surface area contributed by atoms with Crippen LogP contribution in [0, 0.1) is 0 Å². The molecule has 7 heteroatoms. The highest BCUT2D eigenvalue weighted by atomic mass is 16.5. The molecule has 0 atom stereocenters. The normalized spacial score (nSPS) is 10.5. The molecule has 3 rings (SSSR count). The molecule has 168 valence electrons. The summed E-state index contributed by atoms with van der Waals surface area (Å²) in [6.45, 7) is 0. The molecule has 0 aliphatic heterocycles. The summed E-state index contributed by atoms with van der Waals surface area (Å²) in [5, 5.41) is 0. The average Bonchev–Trinajstić information content (AvgIpc) is 2.85. The van der Waals surface area contributed by atoms with Crippen LogP contribution < -0.4 is 14.2 Å². The number of rotatable bonds is 10. The number of aromatic nitrogens is 2. The summed E-state index contributed by atoms with van der Waals surface area (Å²) in [5.41, 5.74) is 4.43. The summed E-state index contributed by atoms with van der Waals surface area (Å²) in [7, 11) is 6.18. The fourth-order valence-electron chi connectivity index (χ4n) is 3.42. The van der Waals surface area contributed by atoms with Gasteiger partial charge < -0.3 is 18.9 Å². The first-order chi connectivity index (χ1) is 15.6. The maximum Gasteiger partial charge on any atom is 0.341 e. The van der Waals surface area contributed by atoms with E-state index in [1.807, 2.05) is 30.3 Å². The van der Waals surface area contributed by atoms with Crippen molar-refractivity contribution in [1.82, 2.24) is 9.97 Å². The van der Waals surface area contributed by atoms with E-state index in [-0.39, 0.29) is 0 Å². The molecule has 1 heterocycles. The second-order valence-electron chi connectivity index (χ2n) is 7.25. The van der Waals surface area contributed by atoms with E-state index < -0.39 is 5.97 Å². The molecule has 1 aromatic heterocycles. The van der Waals surface area contributed by atoms with Crippen molar-refractivity contribution in [2.45, 2.75) is 25.7 Å². The molecule has 0 amide bonds. The second kappa shape index (κ2) is 11.1. The molecule has 3 aromatic rings. The van der Waals surface area contributed by atoms with Crippen molar-refractivity contribution >= 4 is 5.97 Å². The van der Waals surface area contributed by atoms with E-state index in [2.05, 4.69) is 4.98 Å². The Labute approximate surface area is 188 Å². The summed E-state index contributed by atoms with van der Waals surface area (Å²) in [4.78, 5) is 20.9. The lowest BCUT2D eigenvalue weighted by Crippen LogP contribution is -2.05. The summed E-state index contributed by atoms with van der Waals surface area (Å²) in [5.74, 6) is 1.63. The quantitative estimate of drug-likeness (QED) is 0.447. The van der Waals surface area contributed by atoms with Gasteiger partial charge >= 0.3 is 5.97 Å². The summed E-state index contributed by atoms with van der Waals surface area (Å²) in [6, 6.07) is 11.4. The van der Waals surface area contributed by atoms with Crippen molar-refractivity contribution < 1.29 is 23.7 Å². The molecule has 0 fully saturated rings. The lowest BCUT2D eigenvalue weighted by atomic mass is 10.0. The first-order valence-corrected chi connectivity index (χ1v) is 10.3. The number of nitrogens with zero attached hydrogens (tertiary/aromatic N) is 2. The smallest absolute Gasteiger partial charge is 0.341 e. The van der Waals surface area contributed by atoms with Gasteiger partial charge in [0.05, 0.1) is 39.8 Å². The maximum atomic E-state index is 11.8. The van der Waals surface area contributed by atoms with Gasteiger partial charge in [-0.2, -0.15) is 0 Å². The Bertz CT molecular complexity index is 1050. The third kappa shape index (κ3) is 5.97. The standard InChI is InChI=1S/C25H28N2O5/c1-29-21-11-18(12-22(14-21)30-2)6-9-20-16-26-15-19(27-20)8-5-17-7-10-23(25(28)32-4)24(13-17)31-3/h7,10-16H,5-6,8-9H2,1-4H3. The van der Waals surface area contributed by atoms with Gasteiger partial charge in [-0.1, -0.05) is 6.07 Å². The zero-order valence-electron chi connectivity index (χ0n) is 18.9. The van der Waals surface area contributed by atoms with Crippen molar-refractivity contribution in [3.05, 3.63) is 76.9 Å². The van der Waals surface area contributed by atoms with Crippen molar-refractivity contribution in [1.29, 1.82) is 0 Å². The van der Waals surface area contributed by atoms with Gasteiger partial charge in [-0.25, -0.2) is 4.79 Å². The van der Waals surface area contributed by atoms with Crippen LogP contribution in [0.2, 0.25) is 0 Å². The van der Waals surface area contributed by atoms with E-state index in [1.165, 1.54) is 7.11 Å². The first-order valence-electron chi connectivity index (χ1n) is 10.3. The van der Waals surface area contributed by atoms with Crippen LogP contribution in [-0.4, -0.2) is 44.4 Å². The minimum atomic E-state index is -0.416. The molecule has 0 saturated carbocycles. The van der Waals surface area contributed by atoms with Crippen molar-refractivity contribution in [2.75, 3.05) is 28.4 Å². The average molecular weight is 437 g/mol. The number of esters is 1. The van der Waals surface area contributed by atoms with Crippen LogP contribution in [0.5, 0.6) is 17.2 Å². The SMILES string of the molecule is COC(=O)c1ccc(CCc2cncc(CCc3cc(OC)cc(OC)c3)n2)cc1OC. The molecule has 0 aliphatic rings. The van der Waals surface area contributed by atoms with Gasteiger partial charge in [0.25, 0.3) is 0 Å². The van der Waals surface area contributed by atoms with Gasteiger partial charge in [0.1, 0.15) is 22.8 Å². The Balaban J connectivity index is 1.64. The zero-order valence-corrected chi connectivity index (χ0v) is 18.9. The molecule has 0 spiro atoms. The molecule has 0 aliphatic carbocycles. The van der Waals surface area contributed by atoms with Gasteiger partial charge in [0, 0.05) is 18.5 Å². The summed E-state index contributed by atoms with van der Waals surface area (Å²) < 4.78 is 20.8. The summed E-state index contributed by atoms with van der Waals surface area (Å²) in [6.07, 6.45) is 6.64. The number of methoxy groups -OCH3 is 4. The molecule has 2 aromatic carbocycles. The van der Waals surface area contributed by atoms with Crippen LogP contribution >= 0.6 is 0 Å². The number of aryl methyl sites for hydroxylation is 4. The van der Waals surface area contributed by atoms with E-state index in [0.29, 0.717) is 11.3 Å². The second-order valence-corrected chi connectivity index (χ2v) is 7.25. The highest BCUT2D eigenvalue weighted by molar-refractivity contribution is 5.92. The van der Waals surface area contributed by atoms with E-state index in [1.54, 1.807) is 39.8 Å². The highest BCUT2D eigenvalue weighted by Gasteiger charge is 2.13. The molecule has 0 saturated heterocycles. The fourth-order valence-corrected chi connectivity index (χ4v) is 3.42. The van der Waals surface area contributed by atoms with Crippen molar-refractivity contribution in [3.8, 4) is 17.2 Å². The van der Waals surface area contributed by atoms with E-state index >= 15 is 0 Å². The van der Waals surface area contributed by atoms with E-state index in [4.69, 9.17) is 23.9 Å². The number of hydrogen-bond acceptors (Lipinski definition) is 7. The molecular formula is C25H28N2O5. The van der Waals surface area contributed by atoms with Crippen LogP contribution in [0.1, 0.15) is 32.9 Å². The van der Waals surface area contributed by atoms with Crippen LogP contribution in [0.4, 0.5) is 0 Å². The first kappa shape index (κ1) is 23.1. The zero-order chi connectivity index (χ0) is 22.9. The molecule has 32 heavy (non-hydrogen) atoms. The molecule has 7 nitrogen and oxygen atoms in total. The Morgan fingerprint density at radius 3 is 1.94 bits per heavy atom. The third-order valence-electron chi connectivity index (χ3n) is 5.16. The Hall–Kier alpha value is -3.61. The number of carbonyl (C=O) groups excluding carboxylic acids is 1. The van der Waals surface area contributed by atoms with Crippen LogP contribution in [0.25, 0.3) is 0 Å². The molecule has 0 bridgehead atoms. The van der Waals surface area contributed by atoms with E-state index in [0.717, 1.165) is 59.7 Å². The Kier molecular flexibility index (Phi) is 8.02. The van der Waals surface area contributed by atoms with Crippen molar-refractivity contribution in [2.24, 2.45) is 0 Å². The van der Waals surface area contributed by atoms with Crippen LogP contribution in [0.3, 0.4) is 0 Å². The molecule has 0 radical (unpaired) electrons. The fraction of sp³-hybridized carbons (Fsp3) is 0.320. The van der Waals surface area contributed by atoms with Gasteiger partial charge in [-0.05, 0) is 61.1 Å². The topological polar surface area (TPSA) is 79.8 Å². The Morgan fingerprint density at radius 1 is 0.750 bits per heavy atom. The van der Waals surface area contributed by atoms with E-state index in [9.17, 15) is 4.79 Å². The van der Waals surface area contributed by atoms with Crippen molar-refractivity contribution in [3.63, 3.8) is 0 Å². The molecular weight excluding hydrogens is 408 g/mol. The predicted octanol–water partition coefficient (Wildman–Crippen LogP) is 3.86. The maximum absolute atomic E-state index is 11.8. The lowest BCUT2D eigenvalue weighted by Gasteiger charge is -2.10. The minimum absolute atomic E-state index is 0.412. The van der Waals surface area contributed by atoms with Gasteiger partial charge in [-0.3, -0.25) is 9.97 Å². The number of hydrogen-bond donors (Lipinski definition) is 0. The number of benzene rings is 2. The largest absolute Gasteiger partial charge is 0.497 e. The van der Waals surface area contributed by atoms with Gasteiger partial charge in [-0.15, -0.1) is 0 Å². The van der Waals surface area contributed by atoms with Crippen LogP contribution in [0.15, 0.2) is 48.8 Å². The third-order valence-corrected chi connectivity index (χ3v) is 5.16.